The zero-order chi connectivity index (χ0) is 54.4. The number of allylic oxidation sites excluding steroid dienone is 8. The molecule has 420 valence electrons. The smallest absolute Gasteiger partial charge is 0.462 e. The van der Waals surface area contributed by atoms with E-state index < -0.39 is 121 Å². The summed E-state index contributed by atoms with van der Waals surface area (Å²) in [4.78, 5) is 64.1. The SMILES string of the molecule is CCCCC/C=C\C/C=C\C/C=C\CCCCC(=O)OC[C@@H]1COP(=O)(O)OP(=O)(O)OC[C@H]2O[C@@H](n3ccc(N)nc3=O)[C@@H](CC=CCCCC(=O)O1)[C@@H](O)CC(O)O[C@H](/C=C/[C@@H](O)CCCCC)[C@H](O)[C@@H]2O. The molecule has 3 rings (SSSR count). The summed E-state index contributed by atoms with van der Waals surface area (Å²) in [6, 6.07) is 1.22. The van der Waals surface area contributed by atoms with Crippen molar-refractivity contribution in [2.45, 2.75) is 191 Å². The average molecular weight is 1090 g/mol. The van der Waals surface area contributed by atoms with Crippen molar-refractivity contribution in [3.05, 3.63) is 83.5 Å². The topological polar surface area (TPSA) is 335 Å². The minimum atomic E-state index is -5.74. The van der Waals surface area contributed by atoms with Crippen LogP contribution in [0.25, 0.3) is 0 Å². The Morgan fingerprint density at radius 3 is 2.20 bits per heavy atom. The second-order valence-electron chi connectivity index (χ2n) is 18.2. The molecule has 1 aromatic heterocycles. The fourth-order valence-corrected chi connectivity index (χ4v) is 9.87. The summed E-state index contributed by atoms with van der Waals surface area (Å²) in [5.74, 6) is -2.90. The predicted molar refractivity (Wildman–Crippen MR) is 273 cm³/mol. The van der Waals surface area contributed by atoms with E-state index in [1.165, 1.54) is 37.5 Å². The number of rotatable bonds is 22. The molecule has 9 N–H and O–H groups in total. The van der Waals surface area contributed by atoms with Gasteiger partial charge in [-0.15, -0.1) is 0 Å². The Bertz CT molecular complexity index is 2100. The van der Waals surface area contributed by atoms with Gasteiger partial charge in [-0.2, -0.15) is 9.29 Å². The van der Waals surface area contributed by atoms with Gasteiger partial charge >= 0.3 is 33.3 Å². The summed E-state index contributed by atoms with van der Waals surface area (Å²) in [6.45, 7) is 1.36. The normalized spacial score (nSPS) is 30.2. The molecular weight excluding hydrogens is 1010 g/mol. The Balaban J connectivity index is 1.82. The lowest BCUT2D eigenvalue weighted by Crippen LogP contribution is -2.49. The van der Waals surface area contributed by atoms with Gasteiger partial charge in [0.15, 0.2) is 12.4 Å². The van der Waals surface area contributed by atoms with Crippen molar-refractivity contribution >= 4 is 33.4 Å². The summed E-state index contributed by atoms with van der Waals surface area (Å²) in [5.41, 5.74) is 4.75. The third-order valence-corrected chi connectivity index (χ3v) is 14.5. The highest BCUT2D eigenvalue weighted by atomic mass is 31.3. The molecule has 2 aliphatic rings. The first kappa shape index (κ1) is 64.6. The Hall–Kier alpha value is -3.70. The molecule has 2 bridgehead atoms. The summed E-state index contributed by atoms with van der Waals surface area (Å²) in [6.07, 6.45) is 14.5. The highest BCUT2D eigenvalue weighted by Crippen LogP contribution is 2.60. The second-order valence-corrected chi connectivity index (χ2v) is 21.2. The van der Waals surface area contributed by atoms with E-state index in [0.29, 0.717) is 25.7 Å². The number of ether oxygens (including phenoxy) is 4. The van der Waals surface area contributed by atoms with E-state index in [4.69, 9.17) is 33.7 Å². The van der Waals surface area contributed by atoms with Crippen molar-refractivity contribution in [3.8, 4) is 0 Å². The number of cyclic esters (lactones) is 1. The van der Waals surface area contributed by atoms with Gasteiger partial charge < -0.3 is 60.0 Å². The molecule has 0 saturated carbocycles. The van der Waals surface area contributed by atoms with Gasteiger partial charge in [0.25, 0.3) is 0 Å². The van der Waals surface area contributed by atoms with Crippen LogP contribution >= 0.6 is 15.6 Å². The van der Waals surface area contributed by atoms with Gasteiger partial charge in [0, 0.05) is 31.4 Å². The van der Waals surface area contributed by atoms with Crippen molar-refractivity contribution in [1.29, 1.82) is 0 Å². The van der Waals surface area contributed by atoms with Crippen LogP contribution in [0.1, 0.15) is 142 Å². The van der Waals surface area contributed by atoms with Gasteiger partial charge in [0.1, 0.15) is 43.1 Å². The van der Waals surface area contributed by atoms with E-state index in [0.717, 1.165) is 49.3 Å². The number of carbonyl (C=O) groups excluding carboxylic acids is 2. The Morgan fingerprint density at radius 2 is 1.53 bits per heavy atom. The largest absolute Gasteiger partial charge is 0.481 e. The molecule has 0 radical (unpaired) electrons. The third kappa shape index (κ3) is 26.4. The number of aliphatic hydroxyl groups excluding tert-OH is 5. The van der Waals surface area contributed by atoms with Crippen molar-refractivity contribution in [2.75, 3.05) is 25.6 Å². The average Bonchev–Trinajstić information content (AvgIpc) is 3.35. The Kier molecular flexibility index (Phi) is 31.1. The molecule has 2 aliphatic heterocycles. The number of nitrogens with two attached hydrogens (primary N) is 1. The van der Waals surface area contributed by atoms with Gasteiger partial charge in [-0.05, 0) is 76.7 Å². The first-order valence-electron chi connectivity index (χ1n) is 25.7. The number of hydrogen-bond acceptors (Lipinski definition) is 19. The summed E-state index contributed by atoms with van der Waals surface area (Å²) >= 11 is 0. The zero-order valence-electron chi connectivity index (χ0n) is 42.7. The number of phosphoric acid groups is 2. The van der Waals surface area contributed by atoms with E-state index in [1.54, 1.807) is 12.2 Å². The Morgan fingerprint density at radius 1 is 0.878 bits per heavy atom. The lowest BCUT2D eigenvalue weighted by molar-refractivity contribution is -0.192. The first-order chi connectivity index (χ1) is 35.3. The van der Waals surface area contributed by atoms with Crippen molar-refractivity contribution in [1.82, 2.24) is 9.55 Å². The van der Waals surface area contributed by atoms with Crippen LogP contribution in [-0.2, 0) is 51.0 Å². The van der Waals surface area contributed by atoms with Crippen molar-refractivity contribution in [2.24, 2.45) is 5.92 Å². The molecule has 1 saturated heterocycles. The van der Waals surface area contributed by atoms with Crippen LogP contribution in [0.4, 0.5) is 5.82 Å². The molecular formula is C50H81N3O19P2. The summed E-state index contributed by atoms with van der Waals surface area (Å²) in [7, 11) is -11.4. The maximum Gasteiger partial charge on any atom is 0.481 e. The number of aromatic nitrogens is 2. The predicted octanol–water partition coefficient (Wildman–Crippen LogP) is 6.44. The maximum absolute atomic E-state index is 13.4. The monoisotopic (exact) mass is 1090 g/mol. The lowest BCUT2D eigenvalue weighted by atomic mass is 9.92. The molecule has 0 amide bonds. The first-order valence-corrected chi connectivity index (χ1v) is 28.7. The molecule has 24 heteroatoms. The third-order valence-electron chi connectivity index (χ3n) is 11.9. The number of hydrogen-bond donors (Lipinski definition) is 8. The van der Waals surface area contributed by atoms with E-state index in [-0.39, 0.29) is 37.9 Å². The minimum absolute atomic E-state index is 0.0225. The fraction of sp³-hybridized carbons (Fsp3) is 0.680. The fourth-order valence-electron chi connectivity index (χ4n) is 7.76. The molecule has 0 spiro atoms. The quantitative estimate of drug-likeness (QED) is 0.0268. The molecule has 3 unspecified atom stereocenters. The number of carbonyl (C=O) groups is 2. The molecule has 1 aromatic rings. The number of esters is 2. The number of nitrogens with zero attached hydrogens (tertiary/aromatic N) is 2. The number of anilines is 1. The van der Waals surface area contributed by atoms with E-state index in [9.17, 15) is 58.8 Å². The van der Waals surface area contributed by atoms with E-state index >= 15 is 0 Å². The Labute approximate surface area is 434 Å². The van der Waals surface area contributed by atoms with Crippen LogP contribution in [0.15, 0.2) is 77.8 Å². The molecule has 1 fully saturated rings. The second kappa shape index (κ2) is 35.6. The lowest BCUT2D eigenvalue weighted by Gasteiger charge is -2.36. The molecule has 74 heavy (non-hydrogen) atoms. The van der Waals surface area contributed by atoms with Gasteiger partial charge in [-0.25, -0.2) is 13.9 Å². The van der Waals surface area contributed by atoms with Gasteiger partial charge in [0.2, 0.25) is 0 Å². The molecule has 22 nitrogen and oxygen atoms in total. The van der Waals surface area contributed by atoms with Gasteiger partial charge in [0.05, 0.1) is 25.4 Å². The molecule has 0 aliphatic carbocycles. The minimum Gasteiger partial charge on any atom is -0.462 e. The standard InChI is InChI=1S/C50H81N3O19P2/c1-3-5-7-8-9-10-11-12-13-14-15-16-17-18-23-27-44(56)66-34-38-35-67-73(62,63)72-74(64,65)68-36-42-48(60)47(59)41(30-29-37(54)25-21-6-4-2)70-46(58)33-40(55)39(26-22-19-20-24-28-45(57)69-38)49(71-42)53-32-31-43(51)52-50(53)61/h9-10,12-13,15-16,19,22,29-32,37-42,46-49,54-55,58-60H,3-8,11,14,17-18,20-21,23-28,33-36H2,1-2H3,(H,62,63)(H,64,65)(H2,51,52,61)/b10-9-,13-12-,16-15-,22-19?,30-29+/t37-,38+,39-,40-,41+,42+,46?,47-,48+,49+/m0/s1. The number of fused-ring (bicyclic) bond motifs is 3. The highest BCUT2D eigenvalue weighted by Gasteiger charge is 2.44. The molecule has 3 heterocycles. The maximum atomic E-state index is 13.4. The van der Waals surface area contributed by atoms with E-state index in [2.05, 4.69) is 40.5 Å². The van der Waals surface area contributed by atoms with Gasteiger partial charge in [-0.3, -0.25) is 23.2 Å². The summed E-state index contributed by atoms with van der Waals surface area (Å²) in [5, 5.41) is 56.8. The van der Waals surface area contributed by atoms with Crippen LogP contribution in [-0.4, -0.2) is 126 Å². The van der Waals surface area contributed by atoms with Crippen LogP contribution < -0.4 is 11.4 Å². The van der Waals surface area contributed by atoms with Crippen molar-refractivity contribution in [3.63, 3.8) is 0 Å². The number of unbranched alkanes of at least 4 members (excludes halogenated alkanes) is 7. The summed E-state index contributed by atoms with van der Waals surface area (Å²) < 4.78 is 64.6. The zero-order valence-corrected chi connectivity index (χ0v) is 44.4. The molecule has 0 aromatic carbocycles. The van der Waals surface area contributed by atoms with Crippen LogP contribution in [0.2, 0.25) is 0 Å². The molecule has 12 atom stereocenters. The van der Waals surface area contributed by atoms with Gasteiger partial charge in [-0.1, -0.05) is 107 Å². The number of nitrogen functional groups attached to an aromatic ring is 1. The highest BCUT2D eigenvalue weighted by molar-refractivity contribution is 7.61. The number of aliphatic hydroxyl groups is 5. The number of phosphoric ester groups is 2. The van der Waals surface area contributed by atoms with Crippen LogP contribution in [0.5, 0.6) is 0 Å². The van der Waals surface area contributed by atoms with E-state index in [1.807, 2.05) is 19.1 Å². The van der Waals surface area contributed by atoms with Crippen LogP contribution in [0, 0.1) is 5.92 Å². The van der Waals surface area contributed by atoms with Crippen LogP contribution in [0.3, 0.4) is 0 Å². The van der Waals surface area contributed by atoms with Crippen molar-refractivity contribution < 1.29 is 86.3 Å².